The zero-order chi connectivity index (χ0) is 13.7. The standard InChI is InChI=1S/C17H27NO/c1-4-13-6-7-15(12-13)17(18-5-2)14-8-10-16(19-3)11-9-14/h8-11,13,15,17-18H,4-7,12H2,1-3H3. The predicted molar refractivity (Wildman–Crippen MR) is 80.5 cm³/mol. The average molecular weight is 261 g/mol. The summed E-state index contributed by atoms with van der Waals surface area (Å²) >= 11 is 0. The third-order valence-electron chi connectivity index (χ3n) is 4.53. The molecule has 2 nitrogen and oxygen atoms in total. The second kappa shape index (κ2) is 6.95. The van der Waals surface area contributed by atoms with Crippen molar-refractivity contribution >= 4 is 0 Å². The van der Waals surface area contributed by atoms with Crippen molar-refractivity contribution in [3.63, 3.8) is 0 Å². The van der Waals surface area contributed by atoms with Crippen molar-refractivity contribution in [2.75, 3.05) is 13.7 Å². The first-order chi connectivity index (χ1) is 9.28. The summed E-state index contributed by atoms with van der Waals surface area (Å²) in [5, 5.41) is 3.68. The number of benzene rings is 1. The smallest absolute Gasteiger partial charge is 0.118 e. The summed E-state index contributed by atoms with van der Waals surface area (Å²) in [5.74, 6) is 2.67. The van der Waals surface area contributed by atoms with Gasteiger partial charge in [-0.2, -0.15) is 0 Å². The van der Waals surface area contributed by atoms with Gasteiger partial charge in [0.1, 0.15) is 5.75 Å². The maximum Gasteiger partial charge on any atom is 0.118 e. The van der Waals surface area contributed by atoms with E-state index in [0.29, 0.717) is 6.04 Å². The molecule has 19 heavy (non-hydrogen) atoms. The molecule has 0 bridgehead atoms. The number of nitrogens with one attached hydrogen (secondary N) is 1. The Morgan fingerprint density at radius 3 is 2.47 bits per heavy atom. The fourth-order valence-corrected chi connectivity index (χ4v) is 3.38. The third kappa shape index (κ3) is 3.50. The zero-order valence-corrected chi connectivity index (χ0v) is 12.5. The van der Waals surface area contributed by atoms with Gasteiger partial charge < -0.3 is 10.1 Å². The van der Waals surface area contributed by atoms with Crippen LogP contribution in [0.4, 0.5) is 0 Å². The average Bonchev–Trinajstić information content (AvgIpc) is 2.93. The van der Waals surface area contributed by atoms with Gasteiger partial charge in [0.15, 0.2) is 0 Å². The molecule has 1 aromatic rings. The van der Waals surface area contributed by atoms with Crippen LogP contribution in [0, 0.1) is 11.8 Å². The van der Waals surface area contributed by atoms with Crippen LogP contribution in [0.3, 0.4) is 0 Å². The van der Waals surface area contributed by atoms with E-state index in [0.717, 1.165) is 24.1 Å². The van der Waals surface area contributed by atoms with Crippen LogP contribution in [0.25, 0.3) is 0 Å². The quantitative estimate of drug-likeness (QED) is 0.829. The first-order valence-corrected chi connectivity index (χ1v) is 7.65. The number of rotatable bonds is 6. The SMILES string of the molecule is CCNC(c1ccc(OC)cc1)C1CCC(CC)C1. The second-order valence-corrected chi connectivity index (χ2v) is 5.66. The summed E-state index contributed by atoms with van der Waals surface area (Å²) in [5.41, 5.74) is 1.41. The van der Waals surface area contributed by atoms with Gasteiger partial charge in [0.2, 0.25) is 0 Å². The van der Waals surface area contributed by atoms with Crippen LogP contribution in [-0.4, -0.2) is 13.7 Å². The molecule has 2 rings (SSSR count). The molecule has 1 aliphatic carbocycles. The third-order valence-corrected chi connectivity index (χ3v) is 4.53. The van der Waals surface area contributed by atoms with Crippen molar-refractivity contribution in [2.24, 2.45) is 11.8 Å². The largest absolute Gasteiger partial charge is 0.497 e. The summed E-state index contributed by atoms with van der Waals surface area (Å²) in [6, 6.07) is 9.09. The topological polar surface area (TPSA) is 21.3 Å². The molecule has 0 aliphatic heterocycles. The monoisotopic (exact) mass is 261 g/mol. The Bertz CT molecular complexity index is 373. The lowest BCUT2D eigenvalue weighted by molar-refractivity contribution is 0.358. The summed E-state index contributed by atoms with van der Waals surface area (Å²) in [4.78, 5) is 0. The Labute approximate surface area is 117 Å². The van der Waals surface area contributed by atoms with Crippen molar-refractivity contribution in [1.82, 2.24) is 5.32 Å². The highest BCUT2D eigenvalue weighted by Crippen LogP contribution is 2.40. The maximum atomic E-state index is 5.25. The van der Waals surface area contributed by atoms with E-state index < -0.39 is 0 Å². The van der Waals surface area contributed by atoms with E-state index in [1.54, 1.807) is 7.11 Å². The van der Waals surface area contributed by atoms with Crippen LogP contribution in [0.2, 0.25) is 0 Å². The fraction of sp³-hybridized carbons (Fsp3) is 0.647. The lowest BCUT2D eigenvalue weighted by Crippen LogP contribution is -2.27. The van der Waals surface area contributed by atoms with E-state index in [4.69, 9.17) is 4.74 Å². The van der Waals surface area contributed by atoms with Crippen LogP contribution in [-0.2, 0) is 0 Å². The Hall–Kier alpha value is -1.02. The van der Waals surface area contributed by atoms with Gasteiger partial charge in [-0.25, -0.2) is 0 Å². The van der Waals surface area contributed by atoms with Gasteiger partial charge in [0, 0.05) is 6.04 Å². The van der Waals surface area contributed by atoms with Crippen molar-refractivity contribution < 1.29 is 4.74 Å². The van der Waals surface area contributed by atoms with Gasteiger partial charge in [0.05, 0.1) is 7.11 Å². The Morgan fingerprint density at radius 2 is 1.95 bits per heavy atom. The van der Waals surface area contributed by atoms with Gasteiger partial charge in [-0.15, -0.1) is 0 Å². The van der Waals surface area contributed by atoms with E-state index in [9.17, 15) is 0 Å². The molecular formula is C17H27NO. The van der Waals surface area contributed by atoms with E-state index in [1.165, 1.54) is 31.2 Å². The minimum atomic E-state index is 0.507. The summed E-state index contributed by atoms with van der Waals surface area (Å²) in [6.07, 6.45) is 5.47. The summed E-state index contributed by atoms with van der Waals surface area (Å²) < 4.78 is 5.25. The fourth-order valence-electron chi connectivity index (χ4n) is 3.38. The highest BCUT2D eigenvalue weighted by atomic mass is 16.5. The molecule has 0 saturated heterocycles. The molecule has 0 radical (unpaired) electrons. The molecule has 0 heterocycles. The Balaban J connectivity index is 2.10. The molecule has 2 heteroatoms. The molecule has 0 amide bonds. The van der Waals surface area contributed by atoms with Gasteiger partial charge >= 0.3 is 0 Å². The van der Waals surface area contributed by atoms with Gasteiger partial charge in [0.25, 0.3) is 0 Å². The number of ether oxygens (including phenoxy) is 1. The molecule has 3 atom stereocenters. The molecule has 106 valence electrons. The minimum Gasteiger partial charge on any atom is -0.497 e. The molecule has 1 N–H and O–H groups in total. The van der Waals surface area contributed by atoms with E-state index in [1.807, 2.05) is 0 Å². The summed E-state index contributed by atoms with van der Waals surface area (Å²) in [6.45, 7) is 5.55. The van der Waals surface area contributed by atoms with Gasteiger partial charge in [-0.1, -0.05) is 38.8 Å². The number of methoxy groups -OCH3 is 1. The van der Waals surface area contributed by atoms with Crippen molar-refractivity contribution in [1.29, 1.82) is 0 Å². The van der Waals surface area contributed by atoms with Crippen LogP contribution in [0.1, 0.15) is 51.1 Å². The Morgan fingerprint density at radius 1 is 1.21 bits per heavy atom. The molecule has 1 aromatic carbocycles. The van der Waals surface area contributed by atoms with E-state index in [2.05, 4.69) is 43.4 Å². The van der Waals surface area contributed by atoms with Crippen LogP contribution < -0.4 is 10.1 Å². The van der Waals surface area contributed by atoms with Gasteiger partial charge in [-0.3, -0.25) is 0 Å². The van der Waals surface area contributed by atoms with E-state index in [-0.39, 0.29) is 0 Å². The highest BCUT2D eigenvalue weighted by Gasteiger charge is 2.30. The maximum absolute atomic E-state index is 5.25. The lowest BCUT2D eigenvalue weighted by atomic mass is 9.90. The first kappa shape index (κ1) is 14.4. The molecule has 0 spiro atoms. The molecular weight excluding hydrogens is 234 g/mol. The number of hydrogen-bond acceptors (Lipinski definition) is 2. The molecule has 3 unspecified atom stereocenters. The minimum absolute atomic E-state index is 0.507. The zero-order valence-electron chi connectivity index (χ0n) is 12.5. The normalized spacial score (nSPS) is 24.4. The van der Waals surface area contributed by atoms with E-state index >= 15 is 0 Å². The summed E-state index contributed by atoms with van der Waals surface area (Å²) in [7, 11) is 1.72. The van der Waals surface area contributed by atoms with Gasteiger partial charge in [-0.05, 0) is 48.9 Å². The molecule has 0 aromatic heterocycles. The molecule has 1 saturated carbocycles. The first-order valence-electron chi connectivity index (χ1n) is 7.65. The molecule has 1 aliphatic rings. The lowest BCUT2D eigenvalue weighted by Gasteiger charge is -2.25. The van der Waals surface area contributed by atoms with Crippen LogP contribution >= 0.6 is 0 Å². The highest BCUT2D eigenvalue weighted by molar-refractivity contribution is 5.29. The molecule has 1 fully saturated rings. The number of hydrogen-bond donors (Lipinski definition) is 1. The van der Waals surface area contributed by atoms with Crippen molar-refractivity contribution in [3.05, 3.63) is 29.8 Å². The van der Waals surface area contributed by atoms with Crippen LogP contribution in [0.5, 0.6) is 5.75 Å². The van der Waals surface area contributed by atoms with Crippen molar-refractivity contribution in [3.8, 4) is 5.75 Å². The predicted octanol–water partition coefficient (Wildman–Crippen LogP) is 4.17. The Kier molecular flexibility index (Phi) is 5.26. The second-order valence-electron chi connectivity index (χ2n) is 5.66. The van der Waals surface area contributed by atoms with Crippen molar-refractivity contribution in [2.45, 2.75) is 45.6 Å². The van der Waals surface area contributed by atoms with Crippen LogP contribution in [0.15, 0.2) is 24.3 Å².